The molecular formula is C23H14BrClF4N2O2. The summed E-state index contributed by atoms with van der Waals surface area (Å²) in [5, 5.41) is 4.89. The number of halogens is 6. The van der Waals surface area contributed by atoms with Crippen molar-refractivity contribution in [3.63, 3.8) is 0 Å². The number of carbonyl (C=O) groups excluding carboxylic acids is 1. The van der Waals surface area contributed by atoms with Crippen LogP contribution in [0.2, 0.25) is 5.02 Å². The van der Waals surface area contributed by atoms with Crippen LogP contribution in [0.25, 0.3) is 22.2 Å². The van der Waals surface area contributed by atoms with Crippen molar-refractivity contribution in [1.82, 2.24) is 9.78 Å². The normalized spacial score (nSPS) is 11.7. The van der Waals surface area contributed by atoms with E-state index in [-0.39, 0.29) is 34.0 Å². The van der Waals surface area contributed by atoms with Crippen molar-refractivity contribution in [1.29, 1.82) is 0 Å². The van der Waals surface area contributed by atoms with E-state index in [2.05, 4.69) is 25.8 Å². The SMILES string of the molecule is COC(=O)c1ccc(-c2nn(Cc3c(Cl)cccc3C(F)(F)F)c3cc(Br)ccc23)c(F)c1. The minimum absolute atomic E-state index is 0.0242. The zero-order valence-corrected chi connectivity index (χ0v) is 19.2. The summed E-state index contributed by atoms with van der Waals surface area (Å²) in [6, 6.07) is 12.4. The number of methoxy groups -OCH3 is 1. The van der Waals surface area contributed by atoms with Gasteiger partial charge in [-0.2, -0.15) is 18.3 Å². The standard InChI is InChI=1S/C23H14BrClF4N2O2/c1-33-22(32)12-5-7-14(19(26)9-12)21-15-8-6-13(24)10-20(15)31(30-21)11-16-17(23(27,28)29)3-2-4-18(16)25/h2-10H,11H2,1H3. The van der Waals surface area contributed by atoms with Crippen molar-refractivity contribution in [2.24, 2.45) is 0 Å². The molecule has 3 aromatic carbocycles. The Bertz CT molecular complexity index is 1390. The molecule has 0 saturated heterocycles. The maximum absolute atomic E-state index is 14.9. The van der Waals surface area contributed by atoms with Gasteiger partial charge in [0.05, 0.1) is 30.3 Å². The number of alkyl halides is 3. The number of ether oxygens (including phenoxy) is 1. The quantitative estimate of drug-likeness (QED) is 0.204. The maximum Gasteiger partial charge on any atom is 0.416 e. The summed E-state index contributed by atoms with van der Waals surface area (Å²) in [5.74, 6) is -1.42. The highest BCUT2D eigenvalue weighted by Gasteiger charge is 2.34. The number of fused-ring (bicyclic) bond motifs is 1. The molecule has 0 unspecified atom stereocenters. The highest BCUT2D eigenvalue weighted by atomic mass is 79.9. The van der Waals surface area contributed by atoms with Crippen molar-refractivity contribution in [3.8, 4) is 11.3 Å². The second-order valence-electron chi connectivity index (χ2n) is 7.12. The predicted octanol–water partition coefficient (Wildman–Crippen LogP) is 7.11. The number of benzene rings is 3. The van der Waals surface area contributed by atoms with Crippen molar-refractivity contribution >= 4 is 44.4 Å². The van der Waals surface area contributed by atoms with Gasteiger partial charge in [-0.25, -0.2) is 9.18 Å². The van der Waals surface area contributed by atoms with Crippen molar-refractivity contribution in [2.75, 3.05) is 7.11 Å². The molecule has 4 rings (SSSR count). The van der Waals surface area contributed by atoms with Gasteiger partial charge in [-0.15, -0.1) is 0 Å². The highest BCUT2D eigenvalue weighted by molar-refractivity contribution is 9.10. The lowest BCUT2D eigenvalue weighted by atomic mass is 10.0. The summed E-state index contributed by atoms with van der Waals surface area (Å²) in [6.45, 7) is -0.288. The van der Waals surface area contributed by atoms with Gasteiger partial charge >= 0.3 is 12.1 Å². The Morgan fingerprint density at radius 3 is 2.58 bits per heavy atom. The molecule has 4 aromatic rings. The zero-order valence-electron chi connectivity index (χ0n) is 16.9. The third-order valence-electron chi connectivity index (χ3n) is 5.09. The van der Waals surface area contributed by atoms with Gasteiger partial charge in [-0.3, -0.25) is 4.68 Å². The Balaban J connectivity index is 1.89. The van der Waals surface area contributed by atoms with Gasteiger partial charge in [0, 0.05) is 26.0 Å². The van der Waals surface area contributed by atoms with Crippen LogP contribution in [0.15, 0.2) is 59.1 Å². The first kappa shape index (κ1) is 23.3. The second-order valence-corrected chi connectivity index (χ2v) is 8.44. The van der Waals surface area contributed by atoms with E-state index in [1.807, 2.05) is 0 Å². The molecule has 4 nitrogen and oxygen atoms in total. The molecule has 0 aliphatic carbocycles. The molecule has 0 amide bonds. The molecule has 170 valence electrons. The van der Waals surface area contributed by atoms with Crippen molar-refractivity contribution in [3.05, 3.63) is 86.6 Å². The first-order valence-corrected chi connectivity index (χ1v) is 10.7. The minimum atomic E-state index is -4.61. The van der Waals surface area contributed by atoms with E-state index in [1.54, 1.807) is 18.2 Å². The summed E-state index contributed by atoms with van der Waals surface area (Å²) in [4.78, 5) is 11.7. The first-order chi connectivity index (χ1) is 15.6. The molecule has 0 aliphatic heterocycles. The number of rotatable bonds is 4. The Morgan fingerprint density at radius 2 is 1.91 bits per heavy atom. The fraction of sp³-hybridized carbons (Fsp3) is 0.130. The lowest BCUT2D eigenvalue weighted by Crippen LogP contribution is -2.13. The van der Waals surface area contributed by atoms with Gasteiger partial charge in [0.1, 0.15) is 11.5 Å². The van der Waals surface area contributed by atoms with Gasteiger partial charge in [0.15, 0.2) is 0 Å². The molecule has 0 radical (unpaired) electrons. The van der Waals surface area contributed by atoms with Crippen LogP contribution in [0.5, 0.6) is 0 Å². The Hall–Kier alpha value is -2.91. The number of nitrogens with zero attached hydrogens (tertiary/aromatic N) is 2. The van der Waals surface area contributed by atoms with Gasteiger partial charge in [-0.05, 0) is 48.5 Å². The van der Waals surface area contributed by atoms with Gasteiger partial charge in [-0.1, -0.05) is 33.6 Å². The van der Waals surface area contributed by atoms with Crippen LogP contribution in [0.3, 0.4) is 0 Å². The molecule has 0 N–H and O–H groups in total. The first-order valence-electron chi connectivity index (χ1n) is 9.49. The predicted molar refractivity (Wildman–Crippen MR) is 120 cm³/mol. The largest absolute Gasteiger partial charge is 0.465 e. The molecule has 0 saturated carbocycles. The minimum Gasteiger partial charge on any atom is -0.465 e. The van der Waals surface area contributed by atoms with Gasteiger partial charge in [0.25, 0.3) is 0 Å². The number of carbonyl (C=O) groups is 1. The van der Waals surface area contributed by atoms with Crippen LogP contribution in [-0.4, -0.2) is 22.9 Å². The van der Waals surface area contributed by atoms with Gasteiger partial charge in [0.2, 0.25) is 0 Å². The number of hydrogen-bond acceptors (Lipinski definition) is 3. The Labute approximate surface area is 198 Å². The Morgan fingerprint density at radius 1 is 1.15 bits per heavy atom. The van der Waals surface area contributed by atoms with E-state index in [4.69, 9.17) is 11.6 Å². The molecule has 0 atom stereocenters. The average molecular weight is 542 g/mol. The lowest BCUT2D eigenvalue weighted by molar-refractivity contribution is -0.138. The molecule has 33 heavy (non-hydrogen) atoms. The van der Waals surface area contributed by atoms with E-state index in [0.717, 1.165) is 12.1 Å². The van der Waals surface area contributed by atoms with E-state index in [1.165, 1.54) is 36.1 Å². The van der Waals surface area contributed by atoms with Gasteiger partial charge < -0.3 is 4.74 Å². The molecule has 0 aliphatic rings. The maximum atomic E-state index is 14.9. The summed E-state index contributed by atoms with van der Waals surface area (Å²) in [7, 11) is 1.19. The summed E-state index contributed by atoms with van der Waals surface area (Å²) in [6.07, 6.45) is -4.61. The van der Waals surface area contributed by atoms with Crippen LogP contribution in [-0.2, 0) is 17.5 Å². The van der Waals surface area contributed by atoms with Crippen LogP contribution < -0.4 is 0 Å². The van der Waals surface area contributed by atoms with Crippen molar-refractivity contribution < 1.29 is 27.1 Å². The fourth-order valence-corrected chi connectivity index (χ4v) is 4.14. The van der Waals surface area contributed by atoms with Crippen LogP contribution in [0.1, 0.15) is 21.5 Å². The fourth-order valence-electron chi connectivity index (χ4n) is 3.55. The summed E-state index contributed by atoms with van der Waals surface area (Å²) >= 11 is 9.48. The molecule has 0 fully saturated rings. The third kappa shape index (κ3) is 4.47. The molecule has 1 heterocycles. The molecular weight excluding hydrogens is 528 g/mol. The van der Waals surface area contributed by atoms with E-state index < -0.39 is 23.5 Å². The Kier molecular flexibility index (Phi) is 6.20. The van der Waals surface area contributed by atoms with Crippen LogP contribution >= 0.6 is 27.5 Å². The van der Waals surface area contributed by atoms with E-state index >= 15 is 0 Å². The lowest BCUT2D eigenvalue weighted by Gasteiger charge is -2.15. The number of hydrogen-bond donors (Lipinski definition) is 0. The molecule has 1 aromatic heterocycles. The molecule has 0 bridgehead atoms. The van der Waals surface area contributed by atoms with E-state index in [0.29, 0.717) is 15.4 Å². The summed E-state index contributed by atoms with van der Waals surface area (Å²) < 4.78 is 62.3. The third-order valence-corrected chi connectivity index (χ3v) is 5.94. The topological polar surface area (TPSA) is 44.1 Å². The second kappa shape index (κ2) is 8.79. The van der Waals surface area contributed by atoms with Crippen molar-refractivity contribution in [2.45, 2.75) is 12.7 Å². The molecule has 10 heteroatoms. The highest BCUT2D eigenvalue weighted by Crippen LogP contribution is 2.37. The average Bonchev–Trinajstić information content (AvgIpc) is 3.10. The molecule has 0 spiro atoms. The number of aromatic nitrogens is 2. The smallest absolute Gasteiger partial charge is 0.416 e. The summed E-state index contributed by atoms with van der Waals surface area (Å²) in [5.41, 5.74) is -0.219. The van der Waals surface area contributed by atoms with Crippen LogP contribution in [0.4, 0.5) is 17.6 Å². The monoisotopic (exact) mass is 540 g/mol. The van der Waals surface area contributed by atoms with E-state index in [9.17, 15) is 22.4 Å². The number of esters is 1. The van der Waals surface area contributed by atoms with Crippen LogP contribution in [0, 0.1) is 5.82 Å². The zero-order chi connectivity index (χ0) is 23.9.